The summed E-state index contributed by atoms with van der Waals surface area (Å²) in [6, 6.07) is 5.60. The number of hydrogen-bond donors (Lipinski definition) is 2. The molecule has 0 spiro atoms. The Hall–Kier alpha value is -2.64. The molecule has 1 heterocycles. The van der Waals surface area contributed by atoms with Crippen LogP contribution in [0.2, 0.25) is 0 Å². The molecule has 1 aromatic carbocycles. The van der Waals surface area contributed by atoms with Gasteiger partial charge in [0.05, 0.1) is 0 Å². The van der Waals surface area contributed by atoms with Gasteiger partial charge in [-0.05, 0) is 49.2 Å². The lowest BCUT2D eigenvalue weighted by Crippen LogP contribution is -2.10. The molecule has 1 aromatic heterocycles. The highest BCUT2D eigenvalue weighted by Crippen LogP contribution is 2.29. The van der Waals surface area contributed by atoms with Gasteiger partial charge in [0.1, 0.15) is 0 Å². The van der Waals surface area contributed by atoms with Gasteiger partial charge in [0.15, 0.2) is 11.5 Å². The van der Waals surface area contributed by atoms with Gasteiger partial charge in [0.2, 0.25) is 5.91 Å². The van der Waals surface area contributed by atoms with Gasteiger partial charge in [0, 0.05) is 18.3 Å². The summed E-state index contributed by atoms with van der Waals surface area (Å²) in [4.78, 5) is 11.2. The molecule has 2 rings (SSSR count). The van der Waals surface area contributed by atoms with Gasteiger partial charge in [0.25, 0.3) is 0 Å². The number of nitrogens with one attached hydrogen (secondary N) is 2. The molecule has 5 nitrogen and oxygen atoms in total. The number of alkyl halides is 3. The fourth-order valence-electron chi connectivity index (χ4n) is 2.11. The third-order valence-electron chi connectivity index (χ3n) is 3.06. The summed E-state index contributed by atoms with van der Waals surface area (Å²) >= 11 is 0. The Kier molecular flexibility index (Phi) is 4.53. The molecule has 0 atom stereocenters. The predicted octanol–water partition coefficient (Wildman–Crippen LogP) is 3.81. The van der Waals surface area contributed by atoms with Crippen LogP contribution in [-0.4, -0.2) is 16.1 Å². The quantitative estimate of drug-likeness (QED) is 0.901. The van der Waals surface area contributed by atoms with Crippen LogP contribution >= 0.6 is 0 Å². The van der Waals surface area contributed by atoms with Gasteiger partial charge >= 0.3 is 6.18 Å². The molecule has 2 aromatic rings. The number of aryl methyl sites for hydroxylation is 2. The Bertz CT molecular complexity index is 703. The smallest absolute Gasteiger partial charge is 0.339 e. The summed E-state index contributed by atoms with van der Waals surface area (Å²) in [7, 11) is 0. The first-order valence-electron chi connectivity index (χ1n) is 6.73. The average Bonchev–Trinajstić information content (AvgIpc) is 2.42. The van der Waals surface area contributed by atoms with E-state index < -0.39 is 11.9 Å². The molecule has 0 bridgehead atoms. The van der Waals surface area contributed by atoms with E-state index in [4.69, 9.17) is 0 Å². The van der Waals surface area contributed by atoms with Crippen LogP contribution in [0.5, 0.6) is 0 Å². The first-order valence-corrected chi connectivity index (χ1v) is 6.73. The van der Waals surface area contributed by atoms with Crippen LogP contribution in [0.15, 0.2) is 24.3 Å². The SMILES string of the molecule is CC(=O)Nc1c(C)cc(Nc2ccc(C(F)(F)F)nn2)cc1C. The van der Waals surface area contributed by atoms with Gasteiger partial charge < -0.3 is 10.6 Å². The van der Waals surface area contributed by atoms with Crippen LogP contribution in [0.25, 0.3) is 0 Å². The van der Waals surface area contributed by atoms with Crippen molar-refractivity contribution in [3.8, 4) is 0 Å². The van der Waals surface area contributed by atoms with Crippen molar-refractivity contribution in [2.24, 2.45) is 0 Å². The minimum absolute atomic E-state index is 0.175. The summed E-state index contributed by atoms with van der Waals surface area (Å²) < 4.78 is 37.3. The van der Waals surface area contributed by atoms with Crippen molar-refractivity contribution in [1.29, 1.82) is 0 Å². The van der Waals surface area contributed by atoms with Crippen molar-refractivity contribution < 1.29 is 18.0 Å². The zero-order chi connectivity index (χ0) is 17.2. The highest BCUT2D eigenvalue weighted by molar-refractivity contribution is 5.91. The second kappa shape index (κ2) is 6.23. The van der Waals surface area contributed by atoms with E-state index in [0.717, 1.165) is 17.2 Å². The number of halogens is 3. The lowest BCUT2D eigenvalue weighted by Gasteiger charge is -2.14. The van der Waals surface area contributed by atoms with E-state index in [9.17, 15) is 18.0 Å². The molecule has 0 saturated heterocycles. The number of rotatable bonds is 3. The Labute approximate surface area is 130 Å². The number of nitrogens with zero attached hydrogens (tertiary/aromatic N) is 2. The predicted molar refractivity (Wildman–Crippen MR) is 80.5 cm³/mol. The number of aromatic nitrogens is 2. The highest BCUT2D eigenvalue weighted by Gasteiger charge is 2.32. The molecule has 0 unspecified atom stereocenters. The Morgan fingerprint density at radius 2 is 1.70 bits per heavy atom. The summed E-state index contributed by atoms with van der Waals surface area (Å²) in [5.74, 6) is 0.0228. The van der Waals surface area contributed by atoms with E-state index in [-0.39, 0.29) is 11.7 Å². The van der Waals surface area contributed by atoms with Gasteiger partial charge in [-0.1, -0.05) is 0 Å². The van der Waals surface area contributed by atoms with Crippen LogP contribution < -0.4 is 10.6 Å². The number of carbonyl (C=O) groups excluding carboxylic acids is 1. The molecule has 23 heavy (non-hydrogen) atoms. The van der Waals surface area contributed by atoms with Crippen molar-refractivity contribution in [2.45, 2.75) is 26.9 Å². The lowest BCUT2D eigenvalue weighted by molar-refractivity contribution is -0.141. The van der Waals surface area contributed by atoms with Crippen molar-refractivity contribution in [2.75, 3.05) is 10.6 Å². The highest BCUT2D eigenvalue weighted by atomic mass is 19.4. The molecule has 122 valence electrons. The third kappa shape index (κ3) is 4.18. The Morgan fingerprint density at radius 1 is 1.09 bits per heavy atom. The Morgan fingerprint density at radius 3 is 2.13 bits per heavy atom. The first kappa shape index (κ1) is 16.7. The number of benzene rings is 1. The maximum Gasteiger partial charge on any atom is 0.435 e. The maximum absolute atomic E-state index is 12.4. The topological polar surface area (TPSA) is 66.9 Å². The standard InChI is InChI=1S/C15H15F3N4O/c1-8-6-11(7-9(2)14(8)19-10(3)23)20-13-5-4-12(21-22-13)15(16,17)18/h4-7H,1-3H3,(H,19,23)(H,20,22). The lowest BCUT2D eigenvalue weighted by atomic mass is 10.1. The monoisotopic (exact) mass is 324 g/mol. The fourth-order valence-corrected chi connectivity index (χ4v) is 2.11. The number of carbonyl (C=O) groups is 1. The van der Waals surface area contributed by atoms with E-state index in [1.165, 1.54) is 13.0 Å². The molecule has 0 radical (unpaired) electrons. The molecule has 0 aliphatic rings. The minimum Gasteiger partial charge on any atom is -0.339 e. The number of hydrogen-bond acceptors (Lipinski definition) is 4. The number of anilines is 3. The van der Waals surface area contributed by atoms with Gasteiger partial charge in [-0.15, -0.1) is 10.2 Å². The van der Waals surface area contributed by atoms with Gasteiger partial charge in [-0.25, -0.2) is 0 Å². The minimum atomic E-state index is -4.52. The van der Waals surface area contributed by atoms with E-state index in [2.05, 4.69) is 20.8 Å². The van der Waals surface area contributed by atoms with E-state index in [1.54, 1.807) is 12.1 Å². The van der Waals surface area contributed by atoms with Crippen molar-refractivity contribution in [1.82, 2.24) is 10.2 Å². The molecule has 0 aliphatic carbocycles. The van der Waals surface area contributed by atoms with Crippen molar-refractivity contribution in [3.05, 3.63) is 41.1 Å². The van der Waals surface area contributed by atoms with Crippen molar-refractivity contribution >= 4 is 23.1 Å². The van der Waals surface area contributed by atoms with E-state index in [1.807, 2.05) is 13.8 Å². The van der Waals surface area contributed by atoms with E-state index >= 15 is 0 Å². The zero-order valence-corrected chi connectivity index (χ0v) is 12.7. The average molecular weight is 324 g/mol. The van der Waals surface area contributed by atoms with Crippen LogP contribution in [0, 0.1) is 13.8 Å². The van der Waals surface area contributed by atoms with Gasteiger partial charge in [-0.3, -0.25) is 4.79 Å². The van der Waals surface area contributed by atoms with Crippen molar-refractivity contribution in [3.63, 3.8) is 0 Å². The van der Waals surface area contributed by atoms with Crippen LogP contribution in [0.3, 0.4) is 0 Å². The first-order chi connectivity index (χ1) is 10.7. The third-order valence-corrected chi connectivity index (χ3v) is 3.06. The fraction of sp³-hybridized carbons (Fsp3) is 0.267. The number of amides is 1. The second-order valence-electron chi connectivity index (χ2n) is 5.09. The summed E-state index contributed by atoms with van der Waals surface area (Å²) in [5, 5.41) is 12.3. The van der Waals surface area contributed by atoms with Crippen LogP contribution in [0.1, 0.15) is 23.7 Å². The van der Waals surface area contributed by atoms with Crippen LogP contribution in [-0.2, 0) is 11.0 Å². The second-order valence-corrected chi connectivity index (χ2v) is 5.09. The molecule has 8 heteroatoms. The molecule has 0 fully saturated rings. The van der Waals surface area contributed by atoms with E-state index in [0.29, 0.717) is 11.4 Å². The molecule has 0 saturated carbocycles. The maximum atomic E-state index is 12.4. The summed E-state index contributed by atoms with van der Waals surface area (Å²) in [6.07, 6.45) is -4.52. The largest absolute Gasteiger partial charge is 0.435 e. The Balaban J connectivity index is 2.22. The molecular formula is C15H15F3N4O. The molecule has 1 amide bonds. The summed E-state index contributed by atoms with van der Waals surface area (Å²) in [5.41, 5.74) is 1.95. The normalized spacial score (nSPS) is 11.2. The molecular weight excluding hydrogens is 309 g/mol. The zero-order valence-electron chi connectivity index (χ0n) is 12.7. The summed E-state index contributed by atoms with van der Waals surface area (Å²) in [6.45, 7) is 5.06. The molecule has 2 N–H and O–H groups in total. The molecule has 0 aliphatic heterocycles. The van der Waals surface area contributed by atoms with Crippen LogP contribution in [0.4, 0.5) is 30.4 Å². The van der Waals surface area contributed by atoms with Gasteiger partial charge in [-0.2, -0.15) is 13.2 Å².